The highest BCUT2D eigenvalue weighted by Gasteiger charge is 2.35. The number of rotatable bonds is 8. The van der Waals surface area contributed by atoms with Crippen molar-refractivity contribution in [3.05, 3.63) is 24.3 Å². The highest BCUT2D eigenvalue weighted by molar-refractivity contribution is 5.82. The van der Waals surface area contributed by atoms with Crippen molar-refractivity contribution in [1.29, 1.82) is 0 Å². The van der Waals surface area contributed by atoms with Crippen molar-refractivity contribution in [3.63, 3.8) is 0 Å². The molecule has 1 fully saturated rings. The quantitative estimate of drug-likeness (QED) is 0.405. The summed E-state index contributed by atoms with van der Waals surface area (Å²) in [5.41, 5.74) is 0. The highest BCUT2D eigenvalue weighted by atomic mass is 16.4. The Hall–Kier alpha value is -1.75. The van der Waals surface area contributed by atoms with Crippen LogP contribution in [-0.2, 0) is 14.4 Å². The predicted octanol–water partition coefficient (Wildman–Crippen LogP) is 1.90. The van der Waals surface area contributed by atoms with Gasteiger partial charge in [0.05, 0.1) is 6.10 Å². The summed E-state index contributed by atoms with van der Waals surface area (Å²) in [7, 11) is 0. The first-order valence-electron chi connectivity index (χ1n) is 7.17. The molecule has 5 nitrogen and oxygen atoms in total. The Morgan fingerprint density at radius 1 is 1.38 bits per heavy atom. The fourth-order valence-corrected chi connectivity index (χ4v) is 2.56. The normalized spacial score (nSPS) is 24.0. The van der Waals surface area contributed by atoms with Gasteiger partial charge in [-0.3, -0.25) is 4.79 Å². The zero-order valence-electron chi connectivity index (χ0n) is 12.2. The SMILES string of the molecule is CC(=O)CCCC=CC1CC(=O)CC1C(O)C=CC(=O)O. The zero-order chi connectivity index (χ0) is 15.8. The van der Waals surface area contributed by atoms with E-state index in [1.165, 1.54) is 6.08 Å². The minimum atomic E-state index is -1.12. The van der Waals surface area contributed by atoms with Gasteiger partial charge in [-0.2, -0.15) is 0 Å². The maximum atomic E-state index is 11.6. The van der Waals surface area contributed by atoms with Crippen LogP contribution in [0.1, 0.15) is 39.0 Å². The Morgan fingerprint density at radius 2 is 2.10 bits per heavy atom. The van der Waals surface area contributed by atoms with Crippen LogP contribution in [0.4, 0.5) is 0 Å². The molecule has 0 aromatic rings. The molecule has 1 aliphatic rings. The maximum absolute atomic E-state index is 11.6. The van der Waals surface area contributed by atoms with Crippen molar-refractivity contribution in [3.8, 4) is 0 Å². The minimum absolute atomic E-state index is 0.0664. The fraction of sp³-hybridized carbons (Fsp3) is 0.562. The van der Waals surface area contributed by atoms with Gasteiger partial charge in [0.15, 0.2) is 0 Å². The van der Waals surface area contributed by atoms with Crippen LogP contribution in [0, 0.1) is 11.8 Å². The van der Waals surface area contributed by atoms with E-state index in [-0.39, 0.29) is 29.8 Å². The van der Waals surface area contributed by atoms with Crippen molar-refractivity contribution in [2.45, 2.75) is 45.1 Å². The lowest BCUT2D eigenvalue weighted by atomic mass is 9.90. The summed E-state index contributed by atoms with van der Waals surface area (Å²) in [4.78, 5) is 32.8. The van der Waals surface area contributed by atoms with Crippen LogP contribution >= 0.6 is 0 Å². The number of hydrogen-bond donors (Lipinski definition) is 2. The number of allylic oxidation sites excluding steroid dienone is 2. The number of aliphatic hydroxyl groups is 1. The average molecular weight is 294 g/mol. The van der Waals surface area contributed by atoms with Crippen LogP contribution in [0.2, 0.25) is 0 Å². The van der Waals surface area contributed by atoms with Crippen LogP contribution < -0.4 is 0 Å². The minimum Gasteiger partial charge on any atom is -0.478 e. The average Bonchev–Trinajstić information content (AvgIpc) is 2.76. The first-order chi connectivity index (χ1) is 9.90. The Morgan fingerprint density at radius 3 is 2.71 bits per heavy atom. The molecule has 0 aromatic heterocycles. The second-order valence-electron chi connectivity index (χ2n) is 5.48. The Kier molecular flexibility index (Phi) is 7.02. The van der Waals surface area contributed by atoms with Gasteiger partial charge in [0.2, 0.25) is 0 Å². The topological polar surface area (TPSA) is 91.7 Å². The molecule has 0 spiro atoms. The Bertz CT molecular complexity index is 450. The van der Waals surface area contributed by atoms with Gasteiger partial charge >= 0.3 is 5.97 Å². The van der Waals surface area contributed by atoms with Crippen molar-refractivity contribution in [2.24, 2.45) is 11.8 Å². The third-order valence-electron chi connectivity index (χ3n) is 3.63. The number of carbonyl (C=O) groups is 3. The summed E-state index contributed by atoms with van der Waals surface area (Å²) in [6.07, 6.45) is 7.78. The second-order valence-corrected chi connectivity index (χ2v) is 5.48. The molecular formula is C16H22O5. The predicted molar refractivity (Wildman–Crippen MR) is 77.7 cm³/mol. The van der Waals surface area contributed by atoms with Gasteiger partial charge < -0.3 is 15.0 Å². The van der Waals surface area contributed by atoms with Crippen molar-refractivity contribution < 1.29 is 24.6 Å². The van der Waals surface area contributed by atoms with E-state index in [2.05, 4.69) is 0 Å². The Labute approximate surface area is 124 Å². The highest BCUT2D eigenvalue weighted by Crippen LogP contribution is 2.33. The smallest absolute Gasteiger partial charge is 0.328 e. The number of hydrogen-bond acceptors (Lipinski definition) is 4. The summed E-state index contributed by atoms with van der Waals surface area (Å²) in [6.45, 7) is 1.56. The van der Waals surface area contributed by atoms with Gasteiger partial charge in [0.1, 0.15) is 11.6 Å². The van der Waals surface area contributed by atoms with E-state index in [4.69, 9.17) is 5.11 Å². The third kappa shape index (κ3) is 6.49. The lowest BCUT2D eigenvalue weighted by Crippen LogP contribution is -2.21. The van der Waals surface area contributed by atoms with Crippen molar-refractivity contribution in [2.75, 3.05) is 0 Å². The van der Waals surface area contributed by atoms with Gasteiger partial charge in [0.25, 0.3) is 0 Å². The maximum Gasteiger partial charge on any atom is 0.328 e. The number of Topliss-reactive ketones (excluding diaryl/α,β-unsaturated/α-hetero) is 2. The van der Waals surface area contributed by atoms with Crippen LogP contribution in [0.3, 0.4) is 0 Å². The molecule has 3 unspecified atom stereocenters. The standard InChI is InChI=1S/C16H22O5/c1-11(17)5-3-2-4-6-12-9-13(18)10-14(12)15(19)7-8-16(20)21/h4,6-8,12,14-15,19H,2-3,5,9-10H2,1H3,(H,20,21). The van der Waals surface area contributed by atoms with Gasteiger partial charge in [-0.25, -0.2) is 4.79 Å². The summed E-state index contributed by atoms with van der Waals surface area (Å²) < 4.78 is 0. The van der Waals surface area contributed by atoms with E-state index >= 15 is 0 Å². The molecule has 2 N–H and O–H groups in total. The van der Waals surface area contributed by atoms with Gasteiger partial charge in [-0.05, 0) is 31.8 Å². The molecule has 0 aromatic carbocycles. The molecule has 0 radical (unpaired) electrons. The van der Waals surface area contributed by atoms with Crippen molar-refractivity contribution in [1.82, 2.24) is 0 Å². The van der Waals surface area contributed by atoms with E-state index in [0.29, 0.717) is 12.8 Å². The van der Waals surface area contributed by atoms with Crippen LogP contribution in [0.5, 0.6) is 0 Å². The summed E-state index contributed by atoms with van der Waals surface area (Å²) in [5, 5.41) is 18.5. The first-order valence-corrected chi connectivity index (χ1v) is 7.17. The number of unbranched alkanes of at least 4 members (excludes halogenated alkanes) is 1. The van der Waals surface area contributed by atoms with E-state index in [0.717, 1.165) is 18.9 Å². The van der Waals surface area contributed by atoms with E-state index in [1.54, 1.807) is 6.92 Å². The van der Waals surface area contributed by atoms with E-state index in [1.807, 2.05) is 12.2 Å². The molecular weight excluding hydrogens is 272 g/mol. The molecule has 3 atom stereocenters. The Balaban J connectivity index is 2.54. The number of aliphatic hydroxyl groups excluding tert-OH is 1. The number of ketones is 2. The lowest BCUT2D eigenvalue weighted by Gasteiger charge is -2.19. The summed E-state index contributed by atoms with van der Waals surface area (Å²) in [6, 6.07) is 0. The summed E-state index contributed by atoms with van der Waals surface area (Å²) in [5.74, 6) is -1.21. The van der Waals surface area contributed by atoms with E-state index in [9.17, 15) is 19.5 Å². The van der Waals surface area contributed by atoms with E-state index < -0.39 is 12.1 Å². The lowest BCUT2D eigenvalue weighted by molar-refractivity contribution is -0.131. The van der Waals surface area contributed by atoms with Gasteiger partial charge in [-0.1, -0.05) is 12.2 Å². The van der Waals surface area contributed by atoms with Crippen LogP contribution in [0.15, 0.2) is 24.3 Å². The third-order valence-corrected chi connectivity index (χ3v) is 3.63. The number of carboxylic acid groups (broad SMARTS) is 1. The molecule has 21 heavy (non-hydrogen) atoms. The largest absolute Gasteiger partial charge is 0.478 e. The molecule has 1 rings (SSSR count). The molecule has 1 aliphatic carbocycles. The van der Waals surface area contributed by atoms with Gasteiger partial charge in [-0.15, -0.1) is 0 Å². The molecule has 0 bridgehead atoms. The van der Waals surface area contributed by atoms with Crippen molar-refractivity contribution >= 4 is 17.5 Å². The molecule has 0 aliphatic heterocycles. The number of carbonyl (C=O) groups excluding carboxylic acids is 2. The first kappa shape index (κ1) is 17.3. The van der Waals surface area contributed by atoms with Gasteiger partial charge in [0, 0.05) is 31.3 Å². The second kappa shape index (κ2) is 8.52. The molecule has 0 heterocycles. The number of carboxylic acids is 1. The zero-order valence-corrected chi connectivity index (χ0v) is 12.2. The molecule has 1 saturated carbocycles. The monoisotopic (exact) mass is 294 g/mol. The molecule has 5 heteroatoms. The molecule has 0 amide bonds. The van der Waals surface area contributed by atoms with Crippen LogP contribution in [0.25, 0.3) is 0 Å². The fourth-order valence-electron chi connectivity index (χ4n) is 2.56. The number of aliphatic carboxylic acids is 1. The molecule has 0 saturated heterocycles. The summed E-state index contributed by atoms with van der Waals surface area (Å²) >= 11 is 0. The van der Waals surface area contributed by atoms with Crippen LogP contribution in [-0.4, -0.2) is 33.9 Å². The molecule has 116 valence electrons.